The predicted molar refractivity (Wildman–Crippen MR) is 103 cm³/mol. The number of carbonyl (C=O) groups is 3. The van der Waals surface area contributed by atoms with Crippen molar-refractivity contribution < 1.29 is 19.6 Å². The minimum absolute atomic E-state index is 0.0706. The maximum Gasteiger partial charge on any atom is 0.315 e. The van der Waals surface area contributed by atoms with Gasteiger partial charge < -0.3 is 10.6 Å². The lowest BCUT2D eigenvalue weighted by molar-refractivity contribution is -0.154. The molecule has 3 N–H and O–H groups in total. The summed E-state index contributed by atoms with van der Waals surface area (Å²) < 4.78 is 0. The first kappa shape index (κ1) is 22.6. The molecule has 0 spiro atoms. The lowest BCUT2D eigenvalue weighted by Gasteiger charge is -2.27. The summed E-state index contributed by atoms with van der Waals surface area (Å²) in [6.07, 6.45) is 2.54. The van der Waals surface area contributed by atoms with Crippen molar-refractivity contribution in [1.29, 1.82) is 0 Å². The lowest BCUT2D eigenvalue weighted by atomic mass is 9.87. The van der Waals surface area contributed by atoms with Crippen LogP contribution in [-0.2, 0) is 16.1 Å². The van der Waals surface area contributed by atoms with Crippen molar-refractivity contribution >= 4 is 18.2 Å². The van der Waals surface area contributed by atoms with Gasteiger partial charge >= 0.3 is 6.03 Å². The average Bonchev–Trinajstić information content (AvgIpc) is 2.67. The van der Waals surface area contributed by atoms with E-state index in [0.29, 0.717) is 18.0 Å². The number of hydrogen-bond donors (Lipinski definition) is 3. The fourth-order valence-corrected chi connectivity index (χ4v) is 2.83. The van der Waals surface area contributed by atoms with Crippen LogP contribution < -0.4 is 10.6 Å². The van der Waals surface area contributed by atoms with Gasteiger partial charge in [-0.3, -0.25) is 14.8 Å². The summed E-state index contributed by atoms with van der Waals surface area (Å²) in [7, 11) is 0. The van der Waals surface area contributed by atoms with E-state index in [9.17, 15) is 19.6 Å². The third-order valence-electron chi connectivity index (χ3n) is 4.39. The van der Waals surface area contributed by atoms with Crippen LogP contribution in [0, 0.1) is 11.8 Å². The van der Waals surface area contributed by atoms with E-state index >= 15 is 0 Å². The molecule has 150 valence electrons. The van der Waals surface area contributed by atoms with E-state index in [1.54, 1.807) is 0 Å². The molecule has 27 heavy (non-hydrogen) atoms. The van der Waals surface area contributed by atoms with Crippen LogP contribution in [0.2, 0.25) is 0 Å². The zero-order chi connectivity index (χ0) is 20.2. The topological polar surface area (TPSA) is 98.7 Å². The quantitative estimate of drug-likeness (QED) is 0.296. The molecule has 7 heteroatoms. The molecule has 0 aromatic heterocycles. The molecule has 0 fully saturated rings. The highest BCUT2D eigenvalue weighted by molar-refractivity contribution is 5.90. The molecule has 0 aliphatic heterocycles. The van der Waals surface area contributed by atoms with Crippen molar-refractivity contribution in [3.8, 4) is 0 Å². The molecule has 0 aliphatic rings. The van der Waals surface area contributed by atoms with Gasteiger partial charge in [0.05, 0.1) is 12.6 Å². The maximum absolute atomic E-state index is 13.0. The van der Waals surface area contributed by atoms with Crippen molar-refractivity contribution in [1.82, 2.24) is 15.7 Å². The van der Waals surface area contributed by atoms with Crippen LogP contribution >= 0.6 is 0 Å². The number of nitrogens with zero attached hydrogens (tertiary/aromatic N) is 1. The fourth-order valence-electron chi connectivity index (χ4n) is 2.83. The van der Waals surface area contributed by atoms with Crippen LogP contribution in [0.1, 0.15) is 45.6 Å². The number of rotatable bonds is 12. The maximum atomic E-state index is 13.0. The summed E-state index contributed by atoms with van der Waals surface area (Å²) in [5.41, 5.74) is 0.961. The van der Waals surface area contributed by atoms with Crippen LogP contribution in [0.3, 0.4) is 0 Å². The Morgan fingerprint density at radius 2 is 1.89 bits per heavy atom. The Bertz CT molecular complexity index is 592. The third-order valence-corrected chi connectivity index (χ3v) is 4.39. The molecule has 1 aromatic carbocycles. The second-order valence-electron chi connectivity index (χ2n) is 7.00. The number of benzene rings is 1. The Morgan fingerprint density at radius 1 is 1.22 bits per heavy atom. The molecular weight excluding hydrogens is 346 g/mol. The molecule has 0 aliphatic carbocycles. The Balaban J connectivity index is 2.73. The number of unbranched alkanes of at least 4 members (excludes halogenated alkanes) is 1. The van der Waals surface area contributed by atoms with E-state index in [-0.39, 0.29) is 24.7 Å². The zero-order valence-corrected chi connectivity index (χ0v) is 16.4. The molecule has 2 atom stereocenters. The number of nitrogens with one attached hydrogen (secondary N) is 2. The van der Waals surface area contributed by atoms with Crippen LogP contribution in [0.5, 0.6) is 0 Å². The highest BCUT2D eigenvalue weighted by atomic mass is 16.5. The van der Waals surface area contributed by atoms with Crippen molar-refractivity contribution in [3.63, 3.8) is 0 Å². The largest absolute Gasteiger partial charge is 0.334 e. The minimum atomic E-state index is -0.692. The first-order chi connectivity index (χ1) is 12.9. The Labute approximate surface area is 161 Å². The van der Waals surface area contributed by atoms with Gasteiger partial charge in [0.25, 0.3) is 0 Å². The van der Waals surface area contributed by atoms with E-state index < -0.39 is 18.0 Å². The van der Waals surface area contributed by atoms with Crippen LogP contribution in [0.25, 0.3) is 0 Å². The van der Waals surface area contributed by atoms with Gasteiger partial charge in [0.15, 0.2) is 5.78 Å². The summed E-state index contributed by atoms with van der Waals surface area (Å²) in [6.45, 7) is 6.01. The Kier molecular flexibility index (Phi) is 10.1. The highest BCUT2D eigenvalue weighted by Gasteiger charge is 2.31. The number of hydrogen-bond acceptors (Lipinski definition) is 4. The van der Waals surface area contributed by atoms with E-state index in [1.807, 2.05) is 51.1 Å². The van der Waals surface area contributed by atoms with Gasteiger partial charge in [0, 0.05) is 12.5 Å². The van der Waals surface area contributed by atoms with Gasteiger partial charge in [-0.05, 0) is 17.9 Å². The summed E-state index contributed by atoms with van der Waals surface area (Å²) >= 11 is 0. The SMILES string of the molecule is CCCCC(CN(O)C=O)C(=O)C(NC(=O)NCc1ccccc1)C(C)C. The second-order valence-corrected chi connectivity index (χ2v) is 7.00. The second kappa shape index (κ2) is 12.1. The number of urea groups is 1. The van der Waals surface area contributed by atoms with E-state index in [4.69, 9.17) is 0 Å². The van der Waals surface area contributed by atoms with Crippen molar-refractivity contribution in [2.45, 2.75) is 52.6 Å². The monoisotopic (exact) mass is 377 g/mol. The minimum Gasteiger partial charge on any atom is -0.334 e. The smallest absolute Gasteiger partial charge is 0.315 e. The number of carbonyl (C=O) groups excluding carboxylic acids is 3. The zero-order valence-electron chi connectivity index (χ0n) is 16.4. The highest BCUT2D eigenvalue weighted by Crippen LogP contribution is 2.17. The van der Waals surface area contributed by atoms with Crippen LogP contribution in [0.4, 0.5) is 4.79 Å². The molecular formula is C20H31N3O4. The van der Waals surface area contributed by atoms with Gasteiger partial charge in [-0.25, -0.2) is 9.86 Å². The van der Waals surface area contributed by atoms with Gasteiger partial charge in [-0.1, -0.05) is 63.9 Å². The van der Waals surface area contributed by atoms with Crippen molar-refractivity contribution in [3.05, 3.63) is 35.9 Å². The predicted octanol–water partition coefficient (Wildman–Crippen LogP) is 2.73. The molecule has 0 heterocycles. The molecule has 1 rings (SSSR count). The van der Waals surface area contributed by atoms with E-state index in [1.165, 1.54) is 0 Å². The van der Waals surface area contributed by atoms with Gasteiger partial charge in [-0.2, -0.15) is 0 Å². The van der Waals surface area contributed by atoms with E-state index in [0.717, 1.165) is 18.4 Å². The normalized spacial score (nSPS) is 12.9. The standard InChI is InChI=1S/C20H31N3O4/c1-4-5-11-17(13-23(27)14-24)19(25)18(15(2)3)22-20(26)21-12-16-9-7-6-8-10-16/h6-10,14-15,17-18,27H,4-5,11-13H2,1-3H3,(H2,21,22,26). The molecule has 0 bridgehead atoms. The summed E-state index contributed by atoms with van der Waals surface area (Å²) in [5.74, 6) is -0.816. The van der Waals surface area contributed by atoms with Crippen LogP contribution in [0.15, 0.2) is 30.3 Å². The first-order valence-corrected chi connectivity index (χ1v) is 9.41. The molecule has 1 aromatic rings. The summed E-state index contributed by atoms with van der Waals surface area (Å²) in [5, 5.41) is 15.5. The fraction of sp³-hybridized carbons (Fsp3) is 0.550. The number of amides is 3. The summed E-state index contributed by atoms with van der Waals surface area (Å²) in [6, 6.07) is 8.38. The third kappa shape index (κ3) is 8.21. The average molecular weight is 377 g/mol. The van der Waals surface area contributed by atoms with Gasteiger partial charge in [0.2, 0.25) is 6.41 Å². The Morgan fingerprint density at radius 3 is 2.44 bits per heavy atom. The number of hydroxylamine groups is 2. The van der Waals surface area contributed by atoms with Gasteiger partial charge in [0.1, 0.15) is 0 Å². The van der Waals surface area contributed by atoms with Crippen molar-refractivity contribution in [2.24, 2.45) is 11.8 Å². The molecule has 0 radical (unpaired) electrons. The van der Waals surface area contributed by atoms with E-state index in [2.05, 4.69) is 10.6 Å². The molecule has 0 saturated heterocycles. The number of ketones is 1. The summed E-state index contributed by atoms with van der Waals surface area (Å²) in [4.78, 5) is 35.9. The van der Waals surface area contributed by atoms with Gasteiger partial charge in [-0.15, -0.1) is 0 Å². The molecule has 2 unspecified atom stereocenters. The van der Waals surface area contributed by atoms with Crippen LogP contribution in [-0.4, -0.2) is 41.1 Å². The molecule has 7 nitrogen and oxygen atoms in total. The first-order valence-electron chi connectivity index (χ1n) is 9.41. The lowest BCUT2D eigenvalue weighted by Crippen LogP contribution is -2.51. The molecule has 3 amide bonds. The van der Waals surface area contributed by atoms with Crippen molar-refractivity contribution in [2.75, 3.05) is 6.54 Å². The molecule has 0 saturated carbocycles. The number of Topliss-reactive ketones (excluding diaryl/α,β-unsaturated/α-hetero) is 1. The Hall–Kier alpha value is -2.41.